The van der Waals surface area contributed by atoms with E-state index in [2.05, 4.69) is 24.3 Å². The van der Waals surface area contributed by atoms with E-state index in [9.17, 15) is 19.5 Å². The fourth-order valence-corrected chi connectivity index (χ4v) is 4.60. The highest BCUT2D eigenvalue weighted by Gasteiger charge is 2.30. The number of carbonyl (C=O) groups excluding carboxylic acids is 2. The van der Waals surface area contributed by atoms with Crippen molar-refractivity contribution in [3.8, 4) is 5.88 Å². The van der Waals surface area contributed by atoms with Gasteiger partial charge in [-0.2, -0.15) is 9.61 Å². The van der Waals surface area contributed by atoms with Crippen LogP contribution in [0.2, 0.25) is 0 Å². The van der Waals surface area contributed by atoms with E-state index in [0.717, 1.165) is 43.3 Å². The molecule has 184 valence electrons. The summed E-state index contributed by atoms with van der Waals surface area (Å²) < 4.78 is 2.68. The Morgan fingerprint density at radius 2 is 1.85 bits per heavy atom. The second kappa shape index (κ2) is 9.64. The third-order valence-electron chi connectivity index (χ3n) is 6.80. The molecule has 4 rings (SSSR count). The van der Waals surface area contributed by atoms with Gasteiger partial charge in [-0.05, 0) is 49.5 Å². The van der Waals surface area contributed by atoms with Gasteiger partial charge in [0.1, 0.15) is 5.65 Å². The Morgan fingerprint density at radius 1 is 1.18 bits per heavy atom. The lowest BCUT2D eigenvalue weighted by Crippen LogP contribution is -2.38. The number of hydrogen-bond donors (Lipinski definition) is 2. The van der Waals surface area contributed by atoms with E-state index in [0.29, 0.717) is 29.6 Å². The van der Waals surface area contributed by atoms with Crippen molar-refractivity contribution < 1.29 is 14.7 Å². The highest BCUT2D eigenvalue weighted by atomic mass is 16.3. The Labute approximate surface area is 199 Å². The van der Waals surface area contributed by atoms with Crippen molar-refractivity contribution in [2.45, 2.75) is 66.0 Å². The molecule has 0 spiro atoms. The molecule has 2 aliphatic rings. The molecule has 9 heteroatoms. The molecule has 1 saturated heterocycles. The second-order valence-electron chi connectivity index (χ2n) is 10.3. The Kier molecular flexibility index (Phi) is 6.81. The third-order valence-corrected chi connectivity index (χ3v) is 6.80. The predicted molar refractivity (Wildman–Crippen MR) is 130 cm³/mol. The van der Waals surface area contributed by atoms with E-state index in [1.165, 1.54) is 12.3 Å². The number of hydrogen-bond acceptors (Lipinski definition) is 5. The maximum atomic E-state index is 13.1. The summed E-state index contributed by atoms with van der Waals surface area (Å²) in [6.07, 6.45) is 8.37. The van der Waals surface area contributed by atoms with E-state index < -0.39 is 11.5 Å². The molecule has 9 nitrogen and oxygen atoms in total. The Morgan fingerprint density at radius 3 is 2.44 bits per heavy atom. The van der Waals surface area contributed by atoms with Crippen molar-refractivity contribution in [1.29, 1.82) is 0 Å². The third kappa shape index (κ3) is 4.88. The molecule has 2 fully saturated rings. The average Bonchev–Trinajstić information content (AvgIpc) is 3.50. The van der Waals surface area contributed by atoms with Gasteiger partial charge in [0, 0.05) is 37.3 Å². The maximum absolute atomic E-state index is 13.1. The Balaban J connectivity index is 1.65. The highest BCUT2D eigenvalue weighted by Crippen LogP contribution is 2.26. The van der Waals surface area contributed by atoms with Crippen molar-refractivity contribution >= 4 is 23.5 Å². The first-order chi connectivity index (χ1) is 16.2. The molecule has 3 heterocycles. The van der Waals surface area contributed by atoms with Crippen LogP contribution in [-0.2, 0) is 11.3 Å². The largest absolute Gasteiger partial charge is 0.494 e. The molecule has 0 bridgehead atoms. The second-order valence-corrected chi connectivity index (χ2v) is 10.3. The van der Waals surface area contributed by atoms with Crippen molar-refractivity contribution in [3.05, 3.63) is 33.8 Å². The van der Waals surface area contributed by atoms with Gasteiger partial charge >= 0.3 is 0 Å². The van der Waals surface area contributed by atoms with Crippen molar-refractivity contribution in [3.63, 3.8) is 0 Å². The first kappa shape index (κ1) is 24.0. The normalized spacial score (nSPS) is 17.4. The summed E-state index contributed by atoms with van der Waals surface area (Å²) in [5.41, 5.74) is -0.0791. The molecule has 0 atom stereocenters. The van der Waals surface area contributed by atoms with Gasteiger partial charge in [-0.1, -0.05) is 27.7 Å². The highest BCUT2D eigenvalue weighted by molar-refractivity contribution is 5.97. The summed E-state index contributed by atoms with van der Waals surface area (Å²) in [5.74, 6) is 0.357. The van der Waals surface area contributed by atoms with Crippen LogP contribution in [-0.4, -0.2) is 55.1 Å². The summed E-state index contributed by atoms with van der Waals surface area (Å²) in [7, 11) is 0. The van der Waals surface area contributed by atoms with E-state index in [-0.39, 0.29) is 29.3 Å². The van der Waals surface area contributed by atoms with Gasteiger partial charge in [0.2, 0.25) is 11.8 Å². The quantitative estimate of drug-likeness (QED) is 0.606. The van der Waals surface area contributed by atoms with Crippen LogP contribution in [0, 0.1) is 17.8 Å². The number of fused-ring (bicyclic) bond motifs is 1. The zero-order valence-corrected chi connectivity index (χ0v) is 20.5. The van der Waals surface area contributed by atoms with Gasteiger partial charge in [0.25, 0.3) is 11.5 Å². The van der Waals surface area contributed by atoms with Crippen LogP contribution in [0.5, 0.6) is 5.88 Å². The molecule has 0 unspecified atom stereocenters. The number of aromatic nitrogens is 3. The average molecular weight is 470 g/mol. The molecule has 0 radical (unpaired) electrons. The topological polar surface area (TPSA) is 109 Å². The van der Waals surface area contributed by atoms with Gasteiger partial charge in [-0.25, -0.2) is 0 Å². The minimum Gasteiger partial charge on any atom is -0.494 e. The minimum absolute atomic E-state index is 0.0493. The summed E-state index contributed by atoms with van der Waals surface area (Å²) in [6.45, 7) is 10.3. The molecule has 1 saturated carbocycles. The summed E-state index contributed by atoms with van der Waals surface area (Å²) >= 11 is 0. The smallest absolute Gasteiger partial charge is 0.291 e. The molecule has 1 aliphatic heterocycles. The number of aromatic hydroxyl groups is 1. The van der Waals surface area contributed by atoms with Crippen LogP contribution in [0.1, 0.15) is 69.3 Å². The van der Waals surface area contributed by atoms with E-state index in [1.54, 1.807) is 10.6 Å². The van der Waals surface area contributed by atoms with Crippen LogP contribution < -0.4 is 10.9 Å². The van der Waals surface area contributed by atoms with E-state index in [4.69, 9.17) is 0 Å². The first-order valence-corrected chi connectivity index (χ1v) is 12.3. The van der Waals surface area contributed by atoms with Crippen LogP contribution in [0.15, 0.2) is 17.1 Å². The number of carbonyl (C=O) groups is 2. The molecule has 2 aromatic heterocycles. The SMILES string of the molecule is CC(C)Cn1c(O)c(C(=O)NC2CC2)c(=O)n2ncc(/C=C/C(=O)N3CCC(C(C)C)CC3)c12. The molecule has 34 heavy (non-hydrogen) atoms. The van der Waals surface area contributed by atoms with Gasteiger partial charge in [0.15, 0.2) is 5.56 Å². The first-order valence-electron chi connectivity index (χ1n) is 12.3. The number of likely N-dealkylation sites (tertiary alicyclic amines) is 1. The summed E-state index contributed by atoms with van der Waals surface area (Å²) in [6, 6.07) is 0.0493. The summed E-state index contributed by atoms with van der Waals surface area (Å²) in [5, 5.41) is 17.9. The monoisotopic (exact) mass is 469 g/mol. The van der Waals surface area contributed by atoms with Crippen LogP contribution in [0.25, 0.3) is 11.7 Å². The molecule has 2 N–H and O–H groups in total. The molecule has 0 aromatic carbocycles. The predicted octanol–water partition coefficient (Wildman–Crippen LogP) is 2.66. The standard InChI is InChI=1S/C25H35N5O4/c1-15(2)14-29-23-18(5-8-20(31)28-11-9-17(10-12-28)16(3)4)13-26-30(23)25(34)21(24(29)33)22(32)27-19-6-7-19/h5,8,13,15-17,19,33H,6-7,9-12,14H2,1-4H3,(H,27,32)/b8-5+. The van der Waals surface area contributed by atoms with Crippen LogP contribution in [0.3, 0.4) is 0 Å². The number of piperidine rings is 1. The molecule has 2 amide bonds. The maximum Gasteiger partial charge on any atom is 0.291 e. The van der Waals surface area contributed by atoms with Gasteiger partial charge < -0.3 is 15.3 Å². The Bertz CT molecular complexity index is 1160. The molecule has 2 aromatic rings. The lowest BCUT2D eigenvalue weighted by atomic mass is 9.87. The van der Waals surface area contributed by atoms with Crippen LogP contribution >= 0.6 is 0 Å². The minimum atomic E-state index is -0.674. The van der Waals surface area contributed by atoms with E-state index >= 15 is 0 Å². The zero-order chi connectivity index (χ0) is 24.6. The molecular formula is C25H35N5O4. The van der Waals surface area contributed by atoms with Crippen molar-refractivity contribution in [1.82, 2.24) is 24.4 Å². The number of amides is 2. The fourth-order valence-electron chi connectivity index (χ4n) is 4.60. The number of nitrogens with one attached hydrogen (secondary N) is 1. The van der Waals surface area contributed by atoms with Gasteiger partial charge in [-0.15, -0.1) is 0 Å². The number of nitrogens with zero attached hydrogens (tertiary/aromatic N) is 4. The van der Waals surface area contributed by atoms with Gasteiger partial charge in [-0.3, -0.25) is 19.0 Å². The van der Waals surface area contributed by atoms with E-state index in [1.807, 2.05) is 18.7 Å². The lowest BCUT2D eigenvalue weighted by molar-refractivity contribution is -0.127. The Hall–Kier alpha value is -3.10. The fraction of sp³-hybridized carbons (Fsp3) is 0.600. The number of rotatable bonds is 7. The van der Waals surface area contributed by atoms with Gasteiger partial charge in [0.05, 0.1) is 6.20 Å². The van der Waals surface area contributed by atoms with Crippen molar-refractivity contribution in [2.24, 2.45) is 17.8 Å². The summed E-state index contributed by atoms with van der Waals surface area (Å²) in [4.78, 5) is 40.4. The lowest BCUT2D eigenvalue weighted by Gasteiger charge is -2.33. The van der Waals surface area contributed by atoms with Crippen LogP contribution in [0.4, 0.5) is 0 Å². The molecular weight excluding hydrogens is 434 g/mol. The molecule has 1 aliphatic carbocycles. The van der Waals surface area contributed by atoms with Crippen molar-refractivity contribution in [2.75, 3.05) is 13.1 Å². The zero-order valence-electron chi connectivity index (χ0n) is 20.5.